The number of carbonyl (C=O) groups excluding carboxylic acids is 2. The first-order valence-electron chi connectivity index (χ1n) is 6.25. The maximum Gasteiger partial charge on any atom is 0.315 e. The highest BCUT2D eigenvalue weighted by atomic mass is 16.6. The lowest BCUT2D eigenvalue weighted by Gasteiger charge is -2.31. The molecule has 0 saturated carbocycles. The standard InChI is InChI=1S/C14H14N2O5/c1-8-13(14(18)21-2)10(7-12(17)15-8)9-5-3-4-6-11(9)16(19)20/h3-6,10,13H,1,7H2,2H3,(H,15,17). The Hall–Kier alpha value is -2.70. The molecule has 7 heteroatoms. The molecule has 1 heterocycles. The summed E-state index contributed by atoms with van der Waals surface area (Å²) in [6, 6.07) is 6.06. The van der Waals surface area contributed by atoms with Gasteiger partial charge in [-0.15, -0.1) is 0 Å². The van der Waals surface area contributed by atoms with Crippen molar-refractivity contribution in [2.45, 2.75) is 12.3 Å². The molecule has 2 rings (SSSR count). The number of rotatable bonds is 3. The number of amides is 1. The van der Waals surface area contributed by atoms with Gasteiger partial charge in [-0.1, -0.05) is 24.8 Å². The molecule has 1 aliphatic rings. The molecule has 1 saturated heterocycles. The smallest absolute Gasteiger partial charge is 0.315 e. The average Bonchev–Trinajstić information content (AvgIpc) is 2.45. The third-order valence-corrected chi connectivity index (χ3v) is 3.47. The number of esters is 1. The fourth-order valence-electron chi connectivity index (χ4n) is 2.56. The molecule has 1 N–H and O–H groups in total. The van der Waals surface area contributed by atoms with E-state index in [0.29, 0.717) is 5.56 Å². The van der Waals surface area contributed by atoms with Crippen LogP contribution in [0.15, 0.2) is 36.5 Å². The molecule has 110 valence electrons. The number of nitrogens with zero attached hydrogens (tertiary/aromatic N) is 1. The van der Waals surface area contributed by atoms with Gasteiger partial charge >= 0.3 is 5.97 Å². The van der Waals surface area contributed by atoms with Crippen molar-refractivity contribution in [3.05, 3.63) is 52.2 Å². The van der Waals surface area contributed by atoms with Gasteiger partial charge in [0.25, 0.3) is 5.69 Å². The molecule has 1 aromatic carbocycles. The number of nitro groups is 1. The summed E-state index contributed by atoms with van der Waals surface area (Å²) in [5, 5.41) is 13.6. The van der Waals surface area contributed by atoms with Crippen LogP contribution in [0.2, 0.25) is 0 Å². The van der Waals surface area contributed by atoms with Gasteiger partial charge < -0.3 is 10.1 Å². The van der Waals surface area contributed by atoms with Crippen LogP contribution < -0.4 is 5.32 Å². The Labute approximate surface area is 120 Å². The zero-order chi connectivity index (χ0) is 15.6. The Bertz CT molecular complexity index is 626. The number of ether oxygens (including phenoxy) is 1. The Morgan fingerprint density at radius 2 is 2.14 bits per heavy atom. The molecule has 0 aromatic heterocycles. The van der Waals surface area contributed by atoms with Crippen LogP contribution in [0.5, 0.6) is 0 Å². The Morgan fingerprint density at radius 3 is 2.76 bits per heavy atom. The predicted molar refractivity (Wildman–Crippen MR) is 73.2 cm³/mol. The van der Waals surface area contributed by atoms with Crippen molar-refractivity contribution in [3.8, 4) is 0 Å². The van der Waals surface area contributed by atoms with Crippen LogP contribution >= 0.6 is 0 Å². The van der Waals surface area contributed by atoms with Crippen LogP contribution in [0, 0.1) is 16.0 Å². The highest BCUT2D eigenvalue weighted by Crippen LogP contribution is 2.39. The van der Waals surface area contributed by atoms with Crippen molar-refractivity contribution in [1.82, 2.24) is 5.32 Å². The summed E-state index contributed by atoms with van der Waals surface area (Å²) in [6.45, 7) is 3.66. The SMILES string of the molecule is C=C1NC(=O)CC(c2ccccc2[N+](=O)[O-])C1C(=O)OC. The normalized spacial score (nSPS) is 21.6. The van der Waals surface area contributed by atoms with E-state index in [1.54, 1.807) is 12.1 Å². The van der Waals surface area contributed by atoms with Crippen molar-refractivity contribution in [1.29, 1.82) is 0 Å². The summed E-state index contributed by atoms with van der Waals surface area (Å²) in [6.07, 6.45) is -0.0381. The summed E-state index contributed by atoms with van der Waals surface area (Å²) in [7, 11) is 1.22. The fraction of sp³-hybridized carbons (Fsp3) is 0.286. The van der Waals surface area contributed by atoms with Crippen LogP contribution in [0.1, 0.15) is 17.9 Å². The molecular formula is C14H14N2O5. The van der Waals surface area contributed by atoms with Crippen LogP contribution in [0.4, 0.5) is 5.69 Å². The van der Waals surface area contributed by atoms with E-state index >= 15 is 0 Å². The van der Waals surface area contributed by atoms with Gasteiger partial charge in [0, 0.05) is 29.7 Å². The lowest BCUT2D eigenvalue weighted by atomic mass is 9.78. The number of nitrogens with one attached hydrogen (secondary N) is 1. The Kier molecular flexibility index (Phi) is 4.02. The van der Waals surface area contributed by atoms with Crippen LogP contribution in [-0.2, 0) is 14.3 Å². The monoisotopic (exact) mass is 290 g/mol. The van der Waals surface area contributed by atoms with Gasteiger partial charge in [-0.2, -0.15) is 0 Å². The summed E-state index contributed by atoms with van der Waals surface area (Å²) in [5.74, 6) is -2.42. The van der Waals surface area contributed by atoms with E-state index < -0.39 is 22.7 Å². The first-order chi connectivity index (χ1) is 9.95. The van der Waals surface area contributed by atoms with Gasteiger partial charge in [-0.05, 0) is 0 Å². The maximum absolute atomic E-state index is 11.9. The lowest BCUT2D eigenvalue weighted by Crippen LogP contribution is -2.41. The molecular weight excluding hydrogens is 276 g/mol. The molecule has 1 amide bonds. The second kappa shape index (κ2) is 5.74. The third-order valence-electron chi connectivity index (χ3n) is 3.47. The molecule has 2 atom stereocenters. The number of hydrogen-bond acceptors (Lipinski definition) is 5. The van der Waals surface area contributed by atoms with Gasteiger partial charge in [0.2, 0.25) is 5.91 Å². The van der Waals surface area contributed by atoms with Crippen molar-refractivity contribution in [3.63, 3.8) is 0 Å². The minimum Gasteiger partial charge on any atom is -0.468 e. The van der Waals surface area contributed by atoms with E-state index in [4.69, 9.17) is 4.74 Å². The Morgan fingerprint density at radius 1 is 1.48 bits per heavy atom. The molecule has 0 bridgehead atoms. The minimum atomic E-state index is -0.839. The van der Waals surface area contributed by atoms with E-state index in [1.807, 2.05) is 0 Å². The second-order valence-corrected chi connectivity index (χ2v) is 4.70. The number of carbonyl (C=O) groups is 2. The van der Waals surface area contributed by atoms with Crippen LogP contribution in [-0.4, -0.2) is 23.9 Å². The highest BCUT2D eigenvalue weighted by Gasteiger charge is 2.41. The first kappa shape index (κ1) is 14.7. The summed E-state index contributed by atoms with van der Waals surface area (Å²) in [4.78, 5) is 34.3. The minimum absolute atomic E-state index is 0.0381. The van der Waals surface area contributed by atoms with Crippen molar-refractivity contribution < 1.29 is 19.2 Å². The topological polar surface area (TPSA) is 98.5 Å². The van der Waals surface area contributed by atoms with Crippen molar-refractivity contribution in [2.75, 3.05) is 7.11 Å². The zero-order valence-electron chi connectivity index (χ0n) is 11.4. The molecule has 0 aliphatic carbocycles. The molecule has 0 radical (unpaired) electrons. The predicted octanol–water partition coefficient (Wildman–Crippen LogP) is 1.50. The molecule has 2 unspecified atom stereocenters. The van der Waals surface area contributed by atoms with Gasteiger partial charge in [-0.3, -0.25) is 19.7 Å². The van der Waals surface area contributed by atoms with Gasteiger partial charge in [-0.25, -0.2) is 0 Å². The highest BCUT2D eigenvalue weighted by molar-refractivity contribution is 5.87. The fourth-order valence-corrected chi connectivity index (χ4v) is 2.56. The van der Waals surface area contributed by atoms with Gasteiger partial charge in [0.1, 0.15) is 5.92 Å². The van der Waals surface area contributed by atoms with Crippen LogP contribution in [0.25, 0.3) is 0 Å². The number of benzene rings is 1. The summed E-state index contributed by atoms with van der Waals surface area (Å²) >= 11 is 0. The summed E-state index contributed by atoms with van der Waals surface area (Å²) in [5.41, 5.74) is 0.397. The largest absolute Gasteiger partial charge is 0.468 e. The second-order valence-electron chi connectivity index (χ2n) is 4.70. The first-order valence-corrected chi connectivity index (χ1v) is 6.25. The third kappa shape index (κ3) is 2.76. The maximum atomic E-state index is 11.9. The van der Waals surface area contributed by atoms with Crippen molar-refractivity contribution >= 4 is 17.6 Å². The molecule has 21 heavy (non-hydrogen) atoms. The zero-order valence-corrected chi connectivity index (χ0v) is 11.4. The van der Waals surface area contributed by atoms with E-state index in [1.165, 1.54) is 19.2 Å². The average molecular weight is 290 g/mol. The molecule has 1 fully saturated rings. The molecule has 1 aromatic rings. The van der Waals surface area contributed by atoms with Crippen molar-refractivity contribution in [2.24, 2.45) is 5.92 Å². The van der Waals surface area contributed by atoms with E-state index in [0.717, 1.165) is 0 Å². The van der Waals surface area contributed by atoms with E-state index in [2.05, 4.69) is 11.9 Å². The number of nitro benzene ring substituents is 1. The number of hydrogen-bond donors (Lipinski definition) is 1. The quantitative estimate of drug-likeness (QED) is 0.516. The van der Waals surface area contributed by atoms with E-state index in [-0.39, 0.29) is 23.7 Å². The number of methoxy groups -OCH3 is 1. The van der Waals surface area contributed by atoms with Gasteiger partial charge in [0.05, 0.1) is 12.0 Å². The lowest BCUT2D eigenvalue weighted by molar-refractivity contribution is -0.385. The Balaban J connectivity index is 2.52. The van der Waals surface area contributed by atoms with Crippen LogP contribution in [0.3, 0.4) is 0 Å². The summed E-state index contributed by atoms with van der Waals surface area (Å²) < 4.78 is 4.73. The van der Waals surface area contributed by atoms with E-state index in [9.17, 15) is 19.7 Å². The molecule has 0 spiro atoms. The molecule has 1 aliphatic heterocycles. The molecule has 7 nitrogen and oxygen atoms in total. The van der Waals surface area contributed by atoms with Gasteiger partial charge in [0.15, 0.2) is 0 Å². The number of piperidine rings is 1. The number of para-hydroxylation sites is 1.